The van der Waals surface area contributed by atoms with Gasteiger partial charge in [-0.25, -0.2) is 0 Å². The van der Waals surface area contributed by atoms with Gasteiger partial charge < -0.3 is 10.4 Å². The van der Waals surface area contributed by atoms with E-state index in [2.05, 4.69) is 24.1 Å². The lowest BCUT2D eigenvalue weighted by Gasteiger charge is -2.25. The lowest BCUT2D eigenvalue weighted by atomic mass is 9.90. The maximum atomic E-state index is 10.8. The Hall–Kier alpha value is -1.45. The number of pyridine rings is 1. The smallest absolute Gasteiger partial charge is 0.0901 e. The van der Waals surface area contributed by atoms with Crippen LogP contribution >= 0.6 is 0 Å². The quantitative estimate of drug-likeness (QED) is 0.794. The SMILES string of the molecule is CC(C)CNCCC(C)(O)c1cccc2cccnc12. The van der Waals surface area contributed by atoms with Crippen molar-refractivity contribution in [3.63, 3.8) is 0 Å². The molecule has 2 N–H and O–H groups in total. The lowest BCUT2D eigenvalue weighted by molar-refractivity contribution is 0.0492. The predicted molar refractivity (Wildman–Crippen MR) is 83.6 cm³/mol. The van der Waals surface area contributed by atoms with E-state index < -0.39 is 5.60 Å². The summed E-state index contributed by atoms with van der Waals surface area (Å²) in [5.41, 5.74) is 0.934. The zero-order chi connectivity index (χ0) is 14.6. The summed E-state index contributed by atoms with van der Waals surface area (Å²) >= 11 is 0. The van der Waals surface area contributed by atoms with Crippen LogP contribution in [0.5, 0.6) is 0 Å². The predicted octanol–water partition coefficient (Wildman–Crippen LogP) is 3.08. The summed E-state index contributed by atoms with van der Waals surface area (Å²) in [7, 11) is 0. The molecule has 0 amide bonds. The first kappa shape index (κ1) is 14.9. The van der Waals surface area contributed by atoms with Crippen LogP contribution in [0.1, 0.15) is 32.8 Å². The molecule has 1 aromatic carbocycles. The van der Waals surface area contributed by atoms with E-state index in [1.165, 1.54) is 0 Å². The Labute approximate surface area is 121 Å². The van der Waals surface area contributed by atoms with Gasteiger partial charge in [-0.3, -0.25) is 4.98 Å². The molecule has 0 saturated carbocycles. The van der Waals surface area contributed by atoms with Crippen molar-refractivity contribution in [1.29, 1.82) is 0 Å². The normalized spacial score (nSPS) is 14.7. The molecule has 108 valence electrons. The van der Waals surface area contributed by atoms with Crippen molar-refractivity contribution >= 4 is 10.9 Å². The van der Waals surface area contributed by atoms with Crippen LogP contribution in [-0.4, -0.2) is 23.2 Å². The molecule has 2 rings (SSSR count). The molecule has 0 aliphatic rings. The van der Waals surface area contributed by atoms with E-state index in [0.717, 1.165) is 29.6 Å². The molecule has 3 nitrogen and oxygen atoms in total. The molecule has 1 atom stereocenters. The monoisotopic (exact) mass is 272 g/mol. The minimum atomic E-state index is -0.863. The topological polar surface area (TPSA) is 45.1 Å². The van der Waals surface area contributed by atoms with Gasteiger partial charge in [0, 0.05) is 17.1 Å². The highest BCUT2D eigenvalue weighted by Gasteiger charge is 2.25. The van der Waals surface area contributed by atoms with E-state index in [4.69, 9.17) is 0 Å². The molecular formula is C17H24N2O. The Kier molecular flexibility index (Phi) is 4.73. The van der Waals surface area contributed by atoms with E-state index in [-0.39, 0.29) is 0 Å². The van der Waals surface area contributed by atoms with Gasteiger partial charge in [0.2, 0.25) is 0 Å². The molecule has 0 spiro atoms. The molecule has 0 aliphatic heterocycles. The fraction of sp³-hybridized carbons (Fsp3) is 0.471. The summed E-state index contributed by atoms with van der Waals surface area (Å²) in [6.07, 6.45) is 2.45. The largest absolute Gasteiger partial charge is 0.385 e. The third kappa shape index (κ3) is 3.56. The minimum Gasteiger partial charge on any atom is -0.385 e. The Bertz CT molecular complexity index is 558. The summed E-state index contributed by atoms with van der Waals surface area (Å²) in [4.78, 5) is 4.42. The van der Waals surface area contributed by atoms with Crippen LogP contribution in [0, 0.1) is 5.92 Å². The molecule has 3 heteroatoms. The fourth-order valence-corrected chi connectivity index (χ4v) is 2.40. The molecule has 0 fully saturated rings. The average Bonchev–Trinajstić information content (AvgIpc) is 2.43. The van der Waals surface area contributed by atoms with Gasteiger partial charge in [-0.15, -0.1) is 0 Å². The van der Waals surface area contributed by atoms with E-state index >= 15 is 0 Å². The van der Waals surface area contributed by atoms with Crippen molar-refractivity contribution in [1.82, 2.24) is 10.3 Å². The first-order valence-electron chi connectivity index (χ1n) is 7.28. The number of aliphatic hydroxyl groups is 1. The molecule has 2 aromatic rings. The van der Waals surface area contributed by atoms with Gasteiger partial charge in [0.25, 0.3) is 0 Å². The molecule has 1 aromatic heterocycles. The average molecular weight is 272 g/mol. The van der Waals surface area contributed by atoms with Gasteiger partial charge >= 0.3 is 0 Å². The van der Waals surface area contributed by atoms with Crippen LogP contribution in [0.3, 0.4) is 0 Å². The second-order valence-corrected chi connectivity index (χ2v) is 6.00. The molecule has 0 bridgehead atoms. The zero-order valence-electron chi connectivity index (χ0n) is 12.6. The van der Waals surface area contributed by atoms with E-state index in [0.29, 0.717) is 12.3 Å². The molecular weight excluding hydrogens is 248 g/mol. The second kappa shape index (κ2) is 6.33. The third-order valence-electron chi connectivity index (χ3n) is 3.55. The molecule has 0 aliphatic carbocycles. The van der Waals surface area contributed by atoms with Crippen LogP contribution in [0.15, 0.2) is 36.5 Å². The fourth-order valence-electron chi connectivity index (χ4n) is 2.40. The maximum Gasteiger partial charge on any atom is 0.0901 e. The number of nitrogens with one attached hydrogen (secondary N) is 1. The van der Waals surface area contributed by atoms with Gasteiger partial charge in [-0.05, 0) is 38.4 Å². The number of nitrogens with zero attached hydrogens (tertiary/aromatic N) is 1. The van der Waals surface area contributed by atoms with E-state index in [1.54, 1.807) is 6.20 Å². The number of rotatable bonds is 6. The second-order valence-electron chi connectivity index (χ2n) is 6.00. The number of benzene rings is 1. The highest BCUT2D eigenvalue weighted by Crippen LogP contribution is 2.29. The Balaban J connectivity index is 2.15. The maximum absolute atomic E-state index is 10.8. The van der Waals surface area contributed by atoms with Crippen molar-refractivity contribution in [3.8, 4) is 0 Å². The molecule has 0 saturated heterocycles. The van der Waals surface area contributed by atoms with Gasteiger partial charge in [0.1, 0.15) is 0 Å². The summed E-state index contributed by atoms with van der Waals surface area (Å²) in [5, 5.41) is 15.2. The molecule has 0 radical (unpaired) electrons. The van der Waals surface area contributed by atoms with Crippen molar-refractivity contribution in [2.24, 2.45) is 5.92 Å². The number of hydrogen-bond acceptors (Lipinski definition) is 3. The van der Waals surface area contributed by atoms with Crippen molar-refractivity contribution in [2.45, 2.75) is 32.8 Å². The van der Waals surface area contributed by atoms with Crippen LogP contribution in [0.4, 0.5) is 0 Å². The Morgan fingerprint density at radius 2 is 2.00 bits per heavy atom. The van der Waals surface area contributed by atoms with Crippen LogP contribution in [-0.2, 0) is 5.60 Å². The lowest BCUT2D eigenvalue weighted by Crippen LogP contribution is -2.29. The number of aromatic nitrogens is 1. The number of para-hydroxylation sites is 1. The van der Waals surface area contributed by atoms with Gasteiger partial charge in [-0.1, -0.05) is 38.1 Å². The Morgan fingerprint density at radius 3 is 2.75 bits per heavy atom. The minimum absolute atomic E-state index is 0.624. The first-order valence-corrected chi connectivity index (χ1v) is 7.28. The van der Waals surface area contributed by atoms with Crippen molar-refractivity contribution < 1.29 is 5.11 Å². The summed E-state index contributed by atoms with van der Waals surface area (Å²) in [6, 6.07) is 9.93. The van der Waals surface area contributed by atoms with Crippen LogP contribution < -0.4 is 5.32 Å². The van der Waals surface area contributed by atoms with Crippen LogP contribution in [0.25, 0.3) is 10.9 Å². The van der Waals surface area contributed by atoms with Gasteiger partial charge in [0.15, 0.2) is 0 Å². The summed E-state index contributed by atoms with van der Waals surface area (Å²) in [6.45, 7) is 8.01. The molecule has 1 unspecified atom stereocenters. The highest BCUT2D eigenvalue weighted by molar-refractivity contribution is 5.82. The van der Waals surface area contributed by atoms with E-state index in [9.17, 15) is 5.11 Å². The zero-order valence-corrected chi connectivity index (χ0v) is 12.6. The molecule has 20 heavy (non-hydrogen) atoms. The summed E-state index contributed by atoms with van der Waals surface area (Å²) in [5.74, 6) is 0.624. The third-order valence-corrected chi connectivity index (χ3v) is 3.55. The highest BCUT2D eigenvalue weighted by atomic mass is 16.3. The number of hydrogen-bond donors (Lipinski definition) is 2. The van der Waals surface area contributed by atoms with Gasteiger partial charge in [0.05, 0.1) is 11.1 Å². The Morgan fingerprint density at radius 1 is 1.25 bits per heavy atom. The standard InChI is InChI=1S/C17H24N2O/c1-13(2)12-18-11-9-17(3,20)15-8-4-6-14-7-5-10-19-16(14)15/h4-8,10,13,18,20H,9,11-12H2,1-3H3. The van der Waals surface area contributed by atoms with Crippen molar-refractivity contribution in [2.75, 3.05) is 13.1 Å². The first-order chi connectivity index (χ1) is 9.50. The van der Waals surface area contributed by atoms with Gasteiger partial charge in [-0.2, -0.15) is 0 Å². The molecule has 1 heterocycles. The van der Waals surface area contributed by atoms with Crippen molar-refractivity contribution in [3.05, 3.63) is 42.1 Å². The number of fused-ring (bicyclic) bond motifs is 1. The van der Waals surface area contributed by atoms with E-state index in [1.807, 2.05) is 37.3 Å². The van der Waals surface area contributed by atoms with Crippen LogP contribution in [0.2, 0.25) is 0 Å². The summed E-state index contributed by atoms with van der Waals surface area (Å²) < 4.78 is 0.